The lowest BCUT2D eigenvalue weighted by atomic mass is 10.1. The second-order valence-electron chi connectivity index (χ2n) is 7.25. The van der Waals surface area contributed by atoms with Crippen LogP contribution in [0.2, 0.25) is 0 Å². The van der Waals surface area contributed by atoms with Gasteiger partial charge in [-0.15, -0.1) is 11.8 Å². The van der Waals surface area contributed by atoms with E-state index in [9.17, 15) is 22.2 Å². The van der Waals surface area contributed by atoms with Crippen LogP contribution < -0.4 is 0 Å². The van der Waals surface area contributed by atoms with Crippen molar-refractivity contribution >= 4 is 27.4 Å². The van der Waals surface area contributed by atoms with Gasteiger partial charge in [-0.3, -0.25) is 4.79 Å². The topological polar surface area (TPSA) is 49.7 Å². The second kappa shape index (κ2) is 10.1. The van der Waals surface area contributed by atoms with Gasteiger partial charge >= 0.3 is 12.1 Å². The van der Waals surface area contributed by atoms with Gasteiger partial charge in [-0.1, -0.05) is 30.3 Å². The number of hydrogen-bond donors (Lipinski definition) is 0. The minimum absolute atomic E-state index is 0.0652. The summed E-state index contributed by atoms with van der Waals surface area (Å²) < 4.78 is 56.3. The molecule has 0 bridgehead atoms. The van der Waals surface area contributed by atoms with E-state index < -0.39 is 21.8 Å². The molecule has 31 heavy (non-hydrogen) atoms. The van der Waals surface area contributed by atoms with Gasteiger partial charge in [-0.25, -0.2) is 8.57 Å². The summed E-state index contributed by atoms with van der Waals surface area (Å²) in [6, 6.07) is 17.5. The Hall–Kier alpha value is -2.00. The van der Waals surface area contributed by atoms with Gasteiger partial charge < -0.3 is 4.90 Å². The van der Waals surface area contributed by atoms with Gasteiger partial charge in [0.25, 0.3) is 0 Å². The van der Waals surface area contributed by atoms with E-state index in [1.807, 2.05) is 42.5 Å². The molecule has 0 aliphatic carbocycles. The van der Waals surface area contributed by atoms with Crippen molar-refractivity contribution in [3.63, 3.8) is 0 Å². The summed E-state index contributed by atoms with van der Waals surface area (Å²) in [6.45, 7) is 2.02. The van der Waals surface area contributed by atoms with Crippen LogP contribution in [0.15, 0.2) is 68.8 Å². The van der Waals surface area contributed by atoms with Gasteiger partial charge in [-0.05, 0) is 49.6 Å². The number of halogens is 3. The summed E-state index contributed by atoms with van der Waals surface area (Å²) in [5.74, 6) is -1.01. The number of rotatable bonds is 6. The molecule has 2 aromatic carbocycles. The third-order valence-corrected chi connectivity index (χ3v) is 9.20. The Labute approximate surface area is 185 Å². The number of amides is 1. The van der Waals surface area contributed by atoms with Crippen LogP contribution in [0, 0.1) is 0 Å². The van der Waals surface area contributed by atoms with Crippen molar-refractivity contribution in [1.82, 2.24) is 4.90 Å². The molecule has 9 heteroatoms. The minimum Gasteiger partial charge on any atom is -0.335 e. The van der Waals surface area contributed by atoms with Crippen molar-refractivity contribution < 1.29 is 22.2 Å². The lowest BCUT2D eigenvalue weighted by Crippen LogP contribution is -2.47. The predicted octanol–water partition coefficient (Wildman–Crippen LogP) is 5.38. The molecule has 1 saturated heterocycles. The lowest BCUT2D eigenvalue weighted by molar-refractivity contribution is -0.186. The normalized spacial score (nSPS) is 17.2. The highest BCUT2D eigenvalue weighted by Gasteiger charge is 2.44. The van der Waals surface area contributed by atoms with Crippen molar-refractivity contribution in [2.45, 2.75) is 46.7 Å². The number of piperidine rings is 1. The average molecular weight is 471 g/mol. The first kappa shape index (κ1) is 23.7. The summed E-state index contributed by atoms with van der Waals surface area (Å²) in [5.41, 5.74) is 1.21. The Bertz CT molecular complexity index is 994. The number of likely N-dealkylation sites (tertiary alicyclic amines) is 1. The van der Waals surface area contributed by atoms with Gasteiger partial charge in [0.2, 0.25) is 0 Å². The monoisotopic (exact) mass is 470 g/mol. The van der Waals surface area contributed by atoms with E-state index in [4.69, 9.17) is 0 Å². The number of carbonyl (C=O) groups is 1. The average Bonchev–Trinajstić information content (AvgIpc) is 2.78. The van der Waals surface area contributed by atoms with E-state index in [-0.39, 0.29) is 31.2 Å². The first-order valence-corrected chi connectivity index (χ1v) is 12.6. The van der Waals surface area contributed by atoms with Gasteiger partial charge in [0, 0.05) is 35.2 Å². The quantitative estimate of drug-likeness (QED) is 0.533. The zero-order chi connectivity index (χ0) is 22.5. The van der Waals surface area contributed by atoms with Crippen LogP contribution in [-0.4, -0.2) is 46.1 Å². The van der Waals surface area contributed by atoms with Crippen LogP contribution in [0.4, 0.5) is 13.2 Å². The summed E-state index contributed by atoms with van der Waals surface area (Å²) in [6.07, 6.45) is -4.42. The van der Waals surface area contributed by atoms with Crippen LogP contribution in [0.3, 0.4) is 0 Å². The molecule has 2 aromatic rings. The predicted molar refractivity (Wildman–Crippen MR) is 117 cm³/mol. The first-order valence-electron chi connectivity index (χ1n) is 10.1. The van der Waals surface area contributed by atoms with E-state index in [1.54, 1.807) is 18.7 Å². The van der Waals surface area contributed by atoms with Gasteiger partial charge in [0.05, 0.1) is 15.0 Å². The third kappa shape index (κ3) is 5.83. The molecule has 1 heterocycles. The molecule has 1 amide bonds. The molecule has 1 fully saturated rings. The van der Waals surface area contributed by atoms with Crippen molar-refractivity contribution in [2.75, 3.05) is 19.6 Å². The van der Waals surface area contributed by atoms with Crippen molar-refractivity contribution in [3.05, 3.63) is 60.2 Å². The fourth-order valence-electron chi connectivity index (χ4n) is 3.59. The van der Waals surface area contributed by atoms with Crippen LogP contribution in [0.5, 0.6) is 0 Å². The van der Waals surface area contributed by atoms with E-state index in [0.717, 1.165) is 15.5 Å². The molecule has 3 rings (SSSR count). The van der Waals surface area contributed by atoms with E-state index >= 15 is 0 Å². The van der Waals surface area contributed by atoms with Crippen LogP contribution in [0.1, 0.15) is 25.3 Å². The van der Waals surface area contributed by atoms with Gasteiger partial charge in [-0.2, -0.15) is 13.2 Å². The Balaban J connectivity index is 1.70. The maximum atomic E-state index is 13.8. The molecule has 0 saturated carbocycles. The molecule has 1 unspecified atom stereocenters. The minimum atomic E-state index is -4.88. The van der Waals surface area contributed by atoms with E-state index in [2.05, 4.69) is 16.5 Å². The fourth-order valence-corrected chi connectivity index (χ4v) is 6.95. The maximum Gasteiger partial charge on any atom is 0.471 e. The van der Waals surface area contributed by atoms with E-state index in [0.29, 0.717) is 11.4 Å². The van der Waals surface area contributed by atoms with Gasteiger partial charge in [0.15, 0.2) is 0 Å². The summed E-state index contributed by atoms with van der Waals surface area (Å²) >= 11 is 1.67. The van der Waals surface area contributed by atoms with Gasteiger partial charge in [0.1, 0.15) is 0 Å². The standard InChI is InChI=1S/C22H25F3N2O2S2/c1-2-26-31(29,20-12-14-27(15-13-20)21(28)22(23,24)25)19-10-8-18(9-11-19)30-16-17-6-4-3-5-7-17/h3-11,20H,2,12-16H2,1H3. The molecule has 1 aliphatic heterocycles. The molecular weight excluding hydrogens is 445 g/mol. The van der Waals surface area contributed by atoms with Crippen LogP contribution in [-0.2, 0) is 20.3 Å². The fraction of sp³-hybridized carbons (Fsp3) is 0.409. The molecule has 4 nitrogen and oxygen atoms in total. The molecule has 0 aromatic heterocycles. The molecule has 1 aliphatic rings. The molecule has 0 spiro atoms. The highest BCUT2D eigenvalue weighted by Crippen LogP contribution is 2.31. The van der Waals surface area contributed by atoms with Crippen LogP contribution >= 0.6 is 11.8 Å². The summed E-state index contributed by atoms with van der Waals surface area (Å²) in [7, 11) is -2.79. The molecule has 168 valence electrons. The van der Waals surface area contributed by atoms with Crippen molar-refractivity contribution in [3.8, 4) is 0 Å². The third-order valence-electron chi connectivity index (χ3n) is 5.15. The highest BCUT2D eigenvalue weighted by atomic mass is 32.2. The smallest absolute Gasteiger partial charge is 0.335 e. The zero-order valence-corrected chi connectivity index (χ0v) is 18.8. The Morgan fingerprint density at radius 1 is 1.10 bits per heavy atom. The maximum absolute atomic E-state index is 13.8. The second-order valence-corrected chi connectivity index (χ2v) is 10.8. The zero-order valence-electron chi connectivity index (χ0n) is 17.2. The molecular formula is C22H25F3N2O2S2. The van der Waals surface area contributed by atoms with Crippen molar-refractivity contribution in [2.24, 2.45) is 4.36 Å². The van der Waals surface area contributed by atoms with Crippen molar-refractivity contribution in [1.29, 1.82) is 0 Å². The molecule has 0 N–H and O–H groups in total. The Morgan fingerprint density at radius 2 is 1.71 bits per heavy atom. The number of carbonyl (C=O) groups excluding carboxylic acids is 1. The van der Waals surface area contributed by atoms with E-state index in [1.165, 1.54) is 5.56 Å². The number of thioether (sulfide) groups is 1. The number of alkyl halides is 3. The molecule has 0 radical (unpaired) electrons. The Kier molecular flexibility index (Phi) is 7.69. The summed E-state index contributed by atoms with van der Waals surface area (Å²) in [5, 5.41) is -0.382. The summed E-state index contributed by atoms with van der Waals surface area (Å²) in [4.78, 5) is 13.9. The highest BCUT2D eigenvalue weighted by molar-refractivity contribution is 7.98. The first-order chi connectivity index (χ1) is 14.7. The lowest BCUT2D eigenvalue weighted by Gasteiger charge is -2.33. The largest absolute Gasteiger partial charge is 0.471 e. The molecule has 1 atom stereocenters. The SMILES string of the molecule is CCN=S(=O)(c1ccc(SCc2ccccc2)cc1)C1CCN(C(=O)C(F)(F)F)CC1. The number of nitrogens with zero attached hydrogens (tertiary/aromatic N) is 2. The Morgan fingerprint density at radius 3 is 2.26 bits per heavy atom. The number of hydrogen-bond acceptors (Lipinski definition) is 4. The van der Waals surface area contributed by atoms with Crippen LogP contribution in [0.25, 0.3) is 0 Å². The number of benzene rings is 2.